The van der Waals surface area contributed by atoms with Crippen LogP contribution in [0.5, 0.6) is 0 Å². The highest BCUT2D eigenvalue weighted by atomic mass is 16.2. The molecule has 5 nitrogen and oxygen atoms in total. The first kappa shape index (κ1) is 14.4. The summed E-state index contributed by atoms with van der Waals surface area (Å²) in [7, 11) is 0. The number of likely N-dealkylation sites (tertiary alicyclic amines) is 1. The summed E-state index contributed by atoms with van der Waals surface area (Å²) in [6.45, 7) is 3.69. The summed E-state index contributed by atoms with van der Waals surface area (Å²) in [5.74, 6) is -0.405. The molecule has 0 aliphatic carbocycles. The fraction of sp³-hybridized carbons (Fsp3) is 0.467. The smallest absolute Gasteiger partial charge is 0.251 e. The van der Waals surface area contributed by atoms with Gasteiger partial charge in [0.1, 0.15) is 0 Å². The molecular formula is C15H21N3O2. The predicted octanol–water partition coefficient (Wildman–Crippen LogP) is 1.52. The molecule has 0 spiro atoms. The minimum absolute atomic E-state index is 0.0710. The second-order valence-electron chi connectivity index (χ2n) is 5.16. The van der Waals surface area contributed by atoms with Gasteiger partial charge in [0.15, 0.2) is 0 Å². The molecule has 1 aliphatic heterocycles. The molecule has 1 aromatic rings. The van der Waals surface area contributed by atoms with Gasteiger partial charge >= 0.3 is 0 Å². The SMILES string of the molecule is Cc1cccc(NCC(=O)N2CCCCC2)c1C(N)=O. The molecule has 1 fully saturated rings. The van der Waals surface area contributed by atoms with E-state index < -0.39 is 5.91 Å². The Hall–Kier alpha value is -2.04. The molecule has 1 saturated heterocycles. The topological polar surface area (TPSA) is 75.4 Å². The number of hydrogen-bond donors (Lipinski definition) is 2. The van der Waals surface area contributed by atoms with Gasteiger partial charge in [0.2, 0.25) is 5.91 Å². The number of carbonyl (C=O) groups excluding carboxylic acids is 2. The van der Waals surface area contributed by atoms with Gasteiger partial charge in [-0.1, -0.05) is 12.1 Å². The normalized spacial score (nSPS) is 14.9. The van der Waals surface area contributed by atoms with E-state index in [1.54, 1.807) is 6.07 Å². The highest BCUT2D eigenvalue weighted by Gasteiger charge is 2.17. The first-order valence-electron chi connectivity index (χ1n) is 7.00. The van der Waals surface area contributed by atoms with Crippen molar-refractivity contribution >= 4 is 17.5 Å². The summed E-state index contributed by atoms with van der Waals surface area (Å²) in [4.78, 5) is 25.4. The van der Waals surface area contributed by atoms with Gasteiger partial charge in [0.05, 0.1) is 12.1 Å². The molecule has 1 aliphatic rings. The lowest BCUT2D eigenvalue weighted by atomic mass is 10.1. The van der Waals surface area contributed by atoms with Gasteiger partial charge in [0.25, 0.3) is 5.91 Å². The van der Waals surface area contributed by atoms with Crippen molar-refractivity contribution in [2.75, 3.05) is 25.0 Å². The van der Waals surface area contributed by atoms with Crippen LogP contribution < -0.4 is 11.1 Å². The summed E-state index contributed by atoms with van der Waals surface area (Å²) < 4.78 is 0. The molecule has 0 atom stereocenters. The Morgan fingerprint density at radius 3 is 2.60 bits per heavy atom. The lowest BCUT2D eigenvalue weighted by molar-refractivity contribution is -0.130. The molecule has 0 unspecified atom stereocenters. The molecule has 2 rings (SSSR count). The number of aryl methyl sites for hydroxylation is 1. The standard InChI is InChI=1S/C15H21N3O2/c1-11-6-5-7-12(14(11)15(16)20)17-10-13(19)18-8-3-2-4-9-18/h5-7,17H,2-4,8-10H2,1H3,(H2,16,20). The van der Waals surface area contributed by atoms with E-state index in [0.717, 1.165) is 31.5 Å². The average Bonchev–Trinajstić information content (AvgIpc) is 2.45. The van der Waals surface area contributed by atoms with E-state index in [0.29, 0.717) is 11.3 Å². The van der Waals surface area contributed by atoms with Gasteiger partial charge in [-0.25, -0.2) is 0 Å². The summed E-state index contributed by atoms with van der Waals surface area (Å²) in [5, 5.41) is 3.04. The zero-order valence-corrected chi connectivity index (χ0v) is 11.8. The van der Waals surface area contributed by atoms with E-state index in [2.05, 4.69) is 5.32 Å². The van der Waals surface area contributed by atoms with Crippen LogP contribution in [0.1, 0.15) is 35.2 Å². The number of anilines is 1. The number of benzene rings is 1. The van der Waals surface area contributed by atoms with Crippen molar-refractivity contribution in [2.45, 2.75) is 26.2 Å². The summed E-state index contributed by atoms with van der Waals surface area (Å²) in [6.07, 6.45) is 3.34. The number of rotatable bonds is 4. The zero-order chi connectivity index (χ0) is 14.5. The van der Waals surface area contributed by atoms with Crippen molar-refractivity contribution in [2.24, 2.45) is 5.73 Å². The second kappa shape index (κ2) is 6.41. The minimum Gasteiger partial charge on any atom is -0.375 e. The zero-order valence-electron chi connectivity index (χ0n) is 11.8. The lowest BCUT2D eigenvalue weighted by Crippen LogP contribution is -2.39. The number of primary amides is 1. The van der Waals surface area contributed by atoms with E-state index in [9.17, 15) is 9.59 Å². The molecule has 0 radical (unpaired) electrons. The van der Waals surface area contributed by atoms with Gasteiger partial charge in [-0.3, -0.25) is 9.59 Å². The highest BCUT2D eigenvalue weighted by molar-refractivity contribution is 6.00. The van der Waals surface area contributed by atoms with Crippen LogP contribution in [0.15, 0.2) is 18.2 Å². The van der Waals surface area contributed by atoms with Crippen LogP contribution in [0, 0.1) is 6.92 Å². The molecule has 5 heteroatoms. The Bertz CT molecular complexity index is 508. The van der Waals surface area contributed by atoms with Crippen molar-refractivity contribution in [3.05, 3.63) is 29.3 Å². The highest BCUT2D eigenvalue weighted by Crippen LogP contribution is 2.19. The van der Waals surface area contributed by atoms with Crippen molar-refractivity contribution in [1.82, 2.24) is 4.90 Å². The van der Waals surface area contributed by atoms with Crippen LogP contribution in [0.25, 0.3) is 0 Å². The number of amides is 2. The third-order valence-electron chi connectivity index (χ3n) is 3.66. The van der Waals surface area contributed by atoms with Gasteiger partial charge in [-0.2, -0.15) is 0 Å². The summed E-state index contributed by atoms with van der Waals surface area (Å²) in [5.41, 5.74) is 7.29. The molecular weight excluding hydrogens is 254 g/mol. The minimum atomic E-state index is -0.476. The van der Waals surface area contributed by atoms with E-state index in [1.165, 1.54) is 6.42 Å². The molecule has 0 aromatic heterocycles. The van der Waals surface area contributed by atoms with Crippen LogP contribution in [-0.2, 0) is 4.79 Å². The number of nitrogens with two attached hydrogens (primary N) is 1. The van der Waals surface area contributed by atoms with Crippen LogP contribution in [0.4, 0.5) is 5.69 Å². The largest absolute Gasteiger partial charge is 0.375 e. The molecule has 3 N–H and O–H groups in total. The van der Waals surface area contributed by atoms with Crippen molar-refractivity contribution < 1.29 is 9.59 Å². The number of piperidine rings is 1. The van der Waals surface area contributed by atoms with Crippen LogP contribution >= 0.6 is 0 Å². The number of carbonyl (C=O) groups is 2. The maximum absolute atomic E-state index is 12.1. The summed E-state index contributed by atoms with van der Waals surface area (Å²) >= 11 is 0. The molecule has 108 valence electrons. The predicted molar refractivity (Wildman–Crippen MR) is 78.6 cm³/mol. The maximum Gasteiger partial charge on any atom is 0.251 e. The average molecular weight is 275 g/mol. The summed E-state index contributed by atoms with van der Waals surface area (Å²) in [6, 6.07) is 5.45. The number of hydrogen-bond acceptors (Lipinski definition) is 3. The molecule has 0 saturated carbocycles. The third kappa shape index (κ3) is 3.29. The molecule has 1 aromatic carbocycles. The number of nitrogens with zero attached hydrogens (tertiary/aromatic N) is 1. The molecule has 2 amide bonds. The van der Waals surface area contributed by atoms with Crippen LogP contribution in [0.3, 0.4) is 0 Å². The fourth-order valence-corrected chi connectivity index (χ4v) is 2.57. The van der Waals surface area contributed by atoms with Gasteiger partial charge in [0, 0.05) is 18.8 Å². The van der Waals surface area contributed by atoms with Crippen LogP contribution in [-0.4, -0.2) is 36.3 Å². The Morgan fingerprint density at radius 1 is 1.25 bits per heavy atom. The number of nitrogens with one attached hydrogen (secondary N) is 1. The van der Waals surface area contributed by atoms with Crippen molar-refractivity contribution in [1.29, 1.82) is 0 Å². The van der Waals surface area contributed by atoms with Gasteiger partial charge in [-0.15, -0.1) is 0 Å². The van der Waals surface area contributed by atoms with E-state index in [-0.39, 0.29) is 12.5 Å². The lowest BCUT2D eigenvalue weighted by Gasteiger charge is -2.27. The Labute approximate surface area is 119 Å². The first-order chi connectivity index (χ1) is 9.59. The Balaban J connectivity index is 2.02. The van der Waals surface area contributed by atoms with Crippen molar-refractivity contribution in [3.63, 3.8) is 0 Å². The van der Waals surface area contributed by atoms with Crippen molar-refractivity contribution in [3.8, 4) is 0 Å². The Kier molecular flexibility index (Phi) is 4.61. The van der Waals surface area contributed by atoms with E-state index >= 15 is 0 Å². The monoisotopic (exact) mass is 275 g/mol. The van der Waals surface area contributed by atoms with E-state index in [1.807, 2.05) is 24.0 Å². The van der Waals surface area contributed by atoms with Gasteiger partial charge in [-0.05, 0) is 37.8 Å². The van der Waals surface area contributed by atoms with Gasteiger partial charge < -0.3 is 16.0 Å². The first-order valence-corrected chi connectivity index (χ1v) is 7.00. The van der Waals surface area contributed by atoms with Crippen LogP contribution in [0.2, 0.25) is 0 Å². The third-order valence-corrected chi connectivity index (χ3v) is 3.66. The fourth-order valence-electron chi connectivity index (χ4n) is 2.57. The molecule has 20 heavy (non-hydrogen) atoms. The van der Waals surface area contributed by atoms with E-state index in [4.69, 9.17) is 5.73 Å². The quantitative estimate of drug-likeness (QED) is 0.874. The maximum atomic E-state index is 12.1. The molecule has 0 bridgehead atoms. The second-order valence-corrected chi connectivity index (χ2v) is 5.16. The Morgan fingerprint density at radius 2 is 1.95 bits per heavy atom. The molecule has 1 heterocycles.